The molecule has 1 atom stereocenters. The van der Waals surface area contributed by atoms with Crippen LogP contribution >= 0.6 is 0 Å². The summed E-state index contributed by atoms with van der Waals surface area (Å²) in [6.07, 6.45) is 2.22. The van der Waals surface area contributed by atoms with Crippen LogP contribution in [0.25, 0.3) is 0 Å². The molecule has 0 amide bonds. The third-order valence-electron chi connectivity index (χ3n) is 3.96. The topological polar surface area (TPSA) is 45.0 Å². The first-order chi connectivity index (χ1) is 8.73. The maximum absolute atomic E-state index is 8.91. The molecule has 0 radical (unpaired) electrons. The smallest absolute Gasteiger partial charge is 0.0991 e. The Morgan fingerprint density at radius 2 is 2.22 bits per heavy atom. The molecule has 1 N–H and O–H groups in total. The van der Waals surface area contributed by atoms with Gasteiger partial charge in [-0.2, -0.15) is 5.26 Å². The Morgan fingerprint density at radius 1 is 1.44 bits per heavy atom. The molecule has 3 nitrogen and oxygen atoms in total. The van der Waals surface area contributed by atoms with Crippen molar-refractivity contribution in [2.24, 2.45) is 0 Å². The lowest BCUT2D eigenvalue weighted by Crippen LogP contribution is -2.54. The van der Waals surface area contributed by atoms with Crippen LogP contribution in [0.1, 0.15) is 43.9 Å². The average Bonchev–Trinajstić information content (AvgIpc) is 2.47. The van der Waals surface area contributed by atoms with Crippen LogP contribution < -0.4 is 5.32 Å². The Bertz CT molecular complexity index is 436. The lowest BCUT2D eigenvalue weighted by molar-refractivity contribution is -0.0374. The Balaban J connectivity index is 2.07. The van der Waals surface area contributed by atoms with Gasteiger partial charge in [-0.05, 0) is 30.5 Å². The Kier molecular flexibility index (Phi) is 4.00. The molecular weight excluding hydrogens is 224 g/mol. The highest BCUT2D eigenvalue weighted by atomic mass is 16.5. The summed E-state index contributed by atoms with van der Waals surface area (Å²) in [4.78, 5) is 0. The quantitative estimate of drug-likeness (QED) is 0.889. The van der Waals surface area contributed by atoms with E-state index in [1.807, 2.05) is 24.3 Å². The molecule has 1 fully saturated rings. The van der Waals surface area contributed by atoms with E-state index in [0.29, 0.717) is 5.56 Å². The molecule has 0 spiro atoms. The van der Waals surface area contributed by atoms with E-state index in [0.717, 1.165) is 31.6 Å². The van der Waals surface area contributed by atoms with Gasteiger partial charge >= 0.3 is 0 Å². The van der Waals surface area contributed by atoms with Crippen molar-refractivity contribution in [3.63, 3.8) is 0 Å². The van der Waals surface area contributed by atoms with Crippen LogP contribution in [0.15, 0.2) is 24.3 Å². The SMILES string of the molecule is CCC1(CC)COC(c2cccc(C#N)c2)CN1. The summed E-state index contributed by atoms with van der Waals surface area (Å²) in [7, 11) is 0. The zero-order chi connectivity index (χ0) is 13.0. The van der Waals surface area contributed by atoms with Gasteiger partial charge in [0, 0.05) is 12.1 Å². The van der Waals surface area contributed by atoms with Gasteiger partial charge in [-0.3, -0.25) is 0 Å². The lowest BCUT2D eigenvalue weighted by atomic mass is 9.91. The minimum atomic E-state index is 0.0597. The van der Waals surface area contributed by atoms with Crippen molar-refractivity contribution in [2.75, 3.05) is 13.2 Å². The van der Waals surface area contributed by atoms with Gasteiger partial charge in [0.2, 0.25) is 0 Å². The Morgan fingerprint density at radius 3 is 2.78 bits per heavy atom. The minimum absolute atomic E-state index is 0.0597. The summed E-state index contributed by atoms with van der Waals surface area (Å²) in [5, 5.41) is 12.5. The van der Waals surface area contributed by atoms with E-state index in [1.165, 1.54) is 0 Å². The van der Waals surface area contributed by atoms with E-state index in [1.54, 1.807) is 0 Å². The standard InChI is InChI=1S/C15H20N2O/c1-3-15(4-2)11-18-14(10-17-15)13-7-5-6-12(8-13)9-16/h5-8,14,17H,3-4,10-11H2,1-2H3. The average molecular weight is 244 g/mol. The number of hydrogen-bond acceptors (Lipinski definition) is 3. The number of nitrogens with zero attached hydrogens (tertiary/aromatic N) is 1. The zero-order valence-electron chi connectivity index (χ0n) is 11.1. The van der Waals surface area contributed by atoms with Crippen LogP contribution in [-0.4, -0.2) is 18.7 Å². The molecule has 1 unspecified atom stereocenters. The van der Waals surface area contributed by atoms with E-state index in [2.05, 4.69) is 25.2 Å². The minimum Gasteiger partial charge on any atom is -0.370 e. The number of nitriles is 1. The number of nitrogens with one attached hydrogen (secondary N) is 1. The highest BCUT2D eigenvalue weighted by Gasteiger charge is 2.32. The fourth-order valence-electron chi connectivity index (χ4n) is 2.41. The number of morpholine rings is 1. The number of rotatable bonds is 3. The molecule has 1 saturated heterocycles. The Hall–Kier alpha value is -1.37. The maximum atomic E-state index is 8.91. The molecule has 2 rings (SSSR count). The Labute approximate surface area is 109 Å². The largest absolute Gasteiger partial charge is 0.370 e. The van der Waals surface area contributed by atoms with E-state index < -0.39 is 0 Å². The number of benzene rings is 1. The second kappa shape index (κ2) is 5.51. The van der Waals surface area contributed by atoms with Crippen LogP contribution in [0, 0.1) is 11.3 Å². The van der Waals surface area contributed by atoms with Crippen molar-refractivity contribution in [3.8, 4) is 6.07 Å². The van der Waals surface area contributed by atoms with Gasteiger partial charge in [0.25, 0.3) is 0 Å². The summed E-state index contributed by atoms with van der Waals surface area (Å²) < 4.78 is 5.99. The molecule has 0 bridgehead atoms. The number of hydrogen-bond donors (Lipinski definition) is 1. The van der Waals surface area contributed by atoms with Crippen molar-refractivity contribution >= 4 is 0 Å². The summed E-state index contributed by atoms with van der Waals surface area (Å²) in [5.41, 5.74) is 1.91. The van der Waals surface area contributed by atoms with Crippen molar-refractivity contribution in [2.45, 2.75) is 38.3 Å². The second-order valence-corrected chi connectivity index (χ2v) is 4.91. The molecule has 3 heteroatoms. The third kappa shape index (κ3) is 2.55. The molecule has 0 aromatic heterocycles. The van der Waals surface area contributed by atoms with E-state index in [9.17, 15) is 0 Å². The van der Waals surface area contributed by atoms with Gasteiger partial charge in [0.1, 0.15) is 0 Å². The van der Waals surface area contributed by atoms with Crippen molar-refractivity contribution in [1.29, 1.82) is 5.26 Å². The van der Waals surface area contributed by atoms with Gasteiger partial charge in [-0.25, -0.2) is 0 Å². The molecule has 18 heavy (non-hydrogen) atoms. The van der Waals surface area contributed by atoms with E-state index in [4.69, 9.17) is 10.00 Å². The molecule has 1 aliphatic heterocycles. The fraction of sp³-hybridized carbons (Fsp3) is 0.533. The third-order valence-corrected chi connectivity index (χ3v) is 3.96. The molecule has 0 saturated carbocycles. The molecule has 0 aliphatic carbocycles. The fourth-order valence-corrected chi connectivity index (χ4v) is 2.41. The van der Waals surface area contributed by atoms with Gasteiger partial charge in [-0.1, -0.05) is 26.0 Å². The monoisotopic (exact) mass is 244 g/mol. The van der Waals surface area contributed by atoms with E-state index in [-0.39, 0.29) is 11.6 Å². The first kappa shape index (κ1) is 13.1. The lowest BCUT2D eigenvalue weighted by Gasteiger charge is -2.40. The van der Waals surface area contributed by atoms with Gasteiger partial charge in [-0.15, -0.1) is 0 Å². The predicted molar refractivity (Wildman–Crippen MR) is 71.2 cm³/mol. The maximum Gasteiger partial charge on any atom is 0.0991 e. The molecule has 1 aliphatic rings. The van der Waals surface area contributed by atoms with Crippen LogP contribution in [0.3, 0.4) is 0 Å². The molecule has 1 heterocycles. The van der Waals surface area contributed by atoms with Crippen LogP contribution in [0.4, 0.5) is 0 Å². The highest BCUT2D eigenvalue weighted by molar-refractivity contribution is 5.34. The van der Waals surface area contributed by atoms with Crippen LogP contribution in [0.5, 0.6) is 0 Å². The summed E-state index contributed by atoms with van der Waals surface area (Å²) in [5.74, 6) is 0. The van der Waals surface area contributed by atoms with Crippen LogP contribution in [0.2, 0.25) is 0 Å². The summed E-state index contributed by atoms with van der Waals surface area (Å²) in [6, 6.07) is 9.85. The van der Waals surface area contributed by atoms with Crippen molar-refractivity contribution in [1.82, 2.24) is 5.32 Å². The zero-order valence-corrected chi connectivity index (χ0v) is 11.1. The first-order valence-corrected chi connectivity index (χ1v) is 6.59. The molecule has 1 aromatic rings. The second-order valence-electron chi connectivity index (χ2n) is 4.91. The summed E-state index contributed by atoms with van der Waals surface area (Å²) in [6.45, 7) is 5.94. The highest BCUT2D eigenvalue weighted by Crippen LogP contribution is 2.27. The number of ether oxygens (including phenoxy) is 1. The molecule has 96 valence electrons. The first-order valence-electron chi connectivity index (χ1n) is 6.59. The van der Waals surface area contributed by atoms with Crippen molar-refractivity contribution in [3.05, 3.63) is 35.4 Å². The van der Waals surface area contributed by atoms with Gasteiger partial charge in [0.15, 0.2) is 0 Å². The normalized spacial score (nSPS) is 22.4. The molecule has 1 aromatic carbocycles. The van der Waals surface area contributed by atoms with Gasteiger partial charge in [0.05, 0.1) is 24.3 Å². The molecular formula is C15H20N2O. The van der Waals surface area contributed by atoms with Crippen molar-refractivity contribution < 1.29 is 4.74 Å². The van der Waals surface area contributed by atoms with Gasteiger partial charge < -0.3 is 10.1 Å². The predicted octanol–water partition coefficient (Wildman–Crippen LogP) is 2.78. The van der Waals surface area contributed by atoms with E-state index >= 15 is 0 Å². The summed E-state index contributed by atoms with van der Waals surface area (Å²) >= 11 is 0. The van der Waals surface area contributed by atoms with Crippen LogP contribution in [-0.2, 0) is 4.74 Å².